The molecule has 2 unspecified atom stereocenters. The molecule has 2 aliphatic carbocycles. The van der Waals surface area contributed by atoms with Gasteiger partial charge in [-0.1, -0.05) is 44.2 Å². The first-order valence-corrected chi connectivity index (χ1v) is 15.3. The number of rotatable bonds is 4. The van der Waals surface area contributed by atoms with E-state index in [0.29, 0.717) is 23.7 Å². The fraction of sp³-hybridized carbons (Fsp3) is 0.562. The van der Waals surface area contributed by atoms with E-state index in [-0.39, 0.29) is 22.9 Å². The van der Waals surface area contributed by atoms with Crippen molar-refractivity contribution < 1.29 is 4.79 Å². The van der Waals surface area contributed by atoms with Crippen LogP contribution in [-0.2, 0) is 0 Å². The zero-order chi connectivity index (χ0) is 27.4. The van der Waals surface area contributed by atoms with E-state index in [2.05, 4.69) is 9.88 Å². The zero-order valence-corrected chi connectivity index (χ0v) is 23.1. The highest BCUT2D eigenvalue weighted by Gasteiger charge is 2.45. The van der Waals surface area contributed by atoms with Gasteiger partial charge in [-0.25, -0.2) is 4.98 Å². The summed E-state index contributed by atoms with van der Waals surface area (Å²) >= 11 is 0. The predicted molar refractivity (Wildman–Crippen MR) is 155 cm³/mol. The molecule has 2 aromatic heterocycles. The van der Waals surface area contributed by atoms with Crippen LogP contribution in [0.5, 0.6) is 0 Å². The van der Waals surface area contributed by atoms with Gasteiger partial charge in [-0.05, 0) is 75.0 Å². The molecule has 0 radical (unpaired) electrons. The number of piperidine rings is 2. The molecule has 3 N–H and O–H groups in total. The highest BCUT2D eigenvalue weighted by Crippen LogP contribution is 2.47. The molecule has 2 aliphatic heterocycles. The number of benzene rings is 1. The summed E-state index contributed by atoms with van der Waals surface area (Å²) < 4.78 is 1.97. The fourth-order valence-corrected chi connectivity index (χ4v) is 8.81. The topological polar surface area (TPSA) is 114 Å². The maximum absolute atomic E-state index is 14.2. The molecule has 8 nitrogen and oxygen atoms in total. The Bertz CT molecular complexity index is 1530. The van der Waals surface area contributed by atoms with Crippen LogP contribution in [0.3, 0.4) is 0 Å². The van der Waals surface area contributed by atoms with E-state index in [1.165, 1.54) is 76.5 Å². The fourth-order valence-electron chi connectivity index (χ4n) is 8.81. The molecular formula is C32H39N5O3. The lowest BCUT2D eigenvalue weighted by molar-refractivity contribution is -0.0420. The third-order valence-electron chi connectivity index (χ3n) is 10.4. The van der Waals surface area contributed by atoms with Crippen LogP contribution in [0.25, 0.3) is 22.3 Å². The predicted octanol–water partition coefficient (Wildman–Crippen LogP) is 4.77. The number of carbonyl (C=O) groups excluding carboxylic acids is 1. The number of primary amides is 1. The average Bonchev–Trinajstić information content (AvgIpc) is 3.11. The van der Waals surface area contributed by atoms with Gasteiger partial charge in [0.2, 0.25) is 0 Å². The van der Waals surface area contributed by atoms with Gasteiger partial charge in [-0.3, -0.25) is 19.3 Å². The van der Waals surface area contributed by atoms with Crippen molar-refractivity contribution in [3.8, 4) is 11.3 Å². The summed E-state index contributed by atoms with van der Waals surface area (Å²) in [5.74, 6) is 0.954. The van der Waals surface area contributed by atoms with Crippen LogP contribution in [0.4, 0.5) is 0 Å². The largest absolute Gasteiger partial charge is 0.365 e. The second kappa shape index (κ2) is 10.3. The van der Waals surface area contributed by atoms with E-state index in [1.54, 1.807) is 0 Å². The molecule has 40 heavy (non-hydrogen) atoms. The summed E-state index contributed by atoms with van der Waals surface area (Å²) in [7, 11) is 0. The molecule has 1 amide bonds. The first-order valence-electron chi connectivity index (χ1n) is 15.3. The molecule has 4 heterocycles. The smallest absolute Gasteiger partial charge is 0.277 e. The number of pyridine rings is 1. The molecule has 210 valence electrons. The van der Waals surface area contributed by atoms with E-state index < -0.39 is 11.5 Å². The van der Waals surface area contributed by atoms with Crippen LogP contribution < -0.4 is 16.9 Å². The van der Waals surface area contributed by atoms with Crippen molar-refractivity contribution >= 4 is 16.9 Å². The highest BCUT2D eigenvalue weighted by atomic mass is 16.2. The lowest BCUT2D eigenvalue weighted by atomic mass is 9.73. The van der Waals surface area contributed by atoms with Crippen molar-refractivity contribution in [1.29, 1.82) is 0 Å². The Labute approximate surface area is 234 Å². The molecule has 4 bridgehead atoms. The van der Waals surface area contributed by atoms with Gasteiger partial charge in [0, 0.05) is 35.9 Å². The van der Waals surface area contributed by atoms with E-state index in [0.717, 1.165) is 35.7 Å². The molecule has 2 saturated heterocycles. The Balaban J connectivity index is 1.26. The van der Waals surface area contributed by atoms with Gasteiger partial charge >= 0.3 is 0 Å². The number of nitrogens with zero attached hydrogens (tertiary/aromatic N) is 3. The van der Waals surface area contributed by atoms with E-state index >= 15 is 0 Å². The molecule has 7 rings (SSSR count). The number of hydrogen-bond donors (Lipinski definition) is 2. The number of para-hydroxylation sites is 2. The zero-order valence-electron chi connectivity index (χ0n) is 23.1. The van der Waals surface area contributed by atoms with Crippen molar-refractivity contribution in [3.63, 3.8) is 0 Å². The van der Waals surface area contributed by atoms with Crippen LogP contribution in [0.15, 0.2) is 46.1 Å². The Hall–Kier alpha value is -3.26. The Morgan fingerprint density at radius 3 is 2.25 bits per heavy atom. The molecule has 2 saturated carbocycles. The monoisotopic (exact) mass is 541 g/mol. The van der Waals surface area contributed by atoms with Gasteiger partial charge in [-0.2, -0.15) is 0 Å². The van der Waals surface area contributed by atoms with Gasteiger partial charge in [0.1, 0.15) is 11.3 Å². The Morgan fingerprint density at radius 2 is 1.55 bits per heavy atom. The summed E-state index contributed by atoms with van der Waals surface area (Å²) in [4.78, 5) is 48.4. The summed E-state index contributed by atoms with van der Waals surface area (Å²) in [5.41, 5.74) is 6.73. The third-order valence-corrected chi connectivity index (χ3v) is 10.4. The second-order valence-electron chi connectivity index (χ2n) is 12.8. The summed E-state index contributed by atoms with van der Waals surface area (Å²) in [6.45, 7) is 0. The second-order valence-corrected chi connectivity index (χ2v) is 12.8. The van der Waals surface area contributed by atoms with Gasteiger partial charge in [0.15, 0.2) is 0 Å². The molecule has 8 heteroatoms. The first-order chi connectivity index (χ1) is 19.5. The number of nitrogens with one attached hydrogen (secondary N) is 1. The van der Waals surface area contributed by atoms with Crippen molar-refractivity contribution in [2.24, 2.45) is 17.6 Å². The average molecular weight is 542 g/mol. The highest BCUT2D eigenvalue weighted by molar-refractivity contribution is 5.93. The summed E-state index contributed by atoms with van der Waals surface area (Å²) in [6, 6.07) is 11.0. The number of aromatic nitrogens is 3. The standard InChI is InChI=1S/C32H39N5O3/c33-30(38)26-15-21(18-34-31(26)39)29-32(40)37(28-11-4-3-10-27(28)35-29)25-16-22-8-5-9-23(17-25)36(22)24-13-19-6-1-2-7-20(12-19)14-24/h3-4,10-11,15,18-20,22-25H,1-2,5-9,12-14,16-17H2,(H2,33,38)(H,34,39)/t19-,20+,22-,23+,24?,25?. The van der Waals surface area contributed by atoms with E-state index in [9.17, 15) is 14.4 Å². The Kier molecular flexibility index (Phi) is 6.61. The minimum absolute atomic E-state index is 0.0786. The number of hydrogen-bond acceptors (Lipinski definition) is 5. The summed E-state index contributed by atoms with van der Waals surface area (Å²) in [6.07, 6.45) is 16.8. The van der Waals surface area contributed by atoms with Gasteiger partial charge < -0.3 is 15.3 Å². The van der Waals surface area contributed by atoms with Crippen LogP contribution in [0.2, 0.25) is 0 Å². The number of amides is 1. The van der Waals surface area contributed by atoms with Gasteiger partial charge in [0.25, 0.3) is 17.0 Å². The minimum Gasteiger partial charge on any atom is -0.365 e. The third kappa shape index (κ3) is 4.50. The number of carbonyl (C=O) groups is 1. The van der Waals surface area contributed by atoms with Gasteiger partial charge in [0.05, 0.1) is 11.0 Å². The van der Waals surface area contributed by atoms with E-state index in [4.69, 9.17) is 10.7 Å². The van der Waals surface area contributed by atoms with Crippen LogP contribution in [-0.4, -0.2) is 43.5 Å². The molecule has 4 aliphatic rings. The number of fused-ring (bicyclic) bond motifs is 5. The normalized spacial score (nSPS) is 30.6. The van der Waals surface area contributed by atoms with Crippen molar-refractivity contribution in [2.45, 2.75) is 101 Å². The lowest BCUT2D eigenvalue weighted by Crippen LogP contribution is -2.58. The first kappa shape index (κ1) is 25.7. The number of aromatic amines is 1. The molecule has 6 atom stereocenters. The quantitative estimate of drug-likeness (QED) is 0.494. The van der Waals surface area contributed by atoms with Crippen molar-refractivity contribution in [1.82, 2.24) is 19.4 Å². The maximum atomic E-state index is 14.2. The summed E-state index contributed by atoms with van der Waals surface area (Å²) in [5, 5.41) is 0. The number of nitrogens with two attached hydrogens (primary N) is 1. The maximum Gasteiger partial charge on any atom is 0.277 e. The minimum atomic E-state index is -0.827. The molecule has 4 fully saturated rings. The number of H-pyrrole nitrogens is 1. The molecule has 0 spiro atoms. The SMILES string of the molecule is NC(=O)c1cc(-c2nc3ccccc3n(C3C[C@H]4CCC[C@@H](C3)N4C3C[C@H]4CCCC[C@@H](C3)C4)c2=O)c[nH]c1=O. The molecular weight excluding hydrogens is 502 g/mol. The molecule has 3 aromatic rings. The van der Waals surface area contributed by atoms with Gasteiger partial charge in [-0.15, -0.1) is 0 Å². The van der Waals surface area contributed by atoms with Crippen molar-refractivity contribution in [3.05, 3.63) is 62.8 Å². The Morgan fingerprint density at radius 1 is 0.850 bits per heavy atom. The van der Waals surface area contributed by atoms with E-state index in [1.807, 2.05) is 28.8 Å². The lowest BCUT2D eigenvalue weighted by Gasteiger charge is -2.54. The van der Waals surface area contributed by atoms with Crippen molar-refractivity contribution in [2.75, 3.05) is 0 Å². The van der Waals surface area contributed by atoms with Crippen LogP contribution in [0.1, 0.15) is 93.4 Å². The van der Waals surface area contributed by atoms with Crippen LogP contribution in [0, 0.1) is 11.8 Å². The molecule has 1 aromatic carbocycles. The van der Waals surface area contributed by atoms with Crippen LogP contribution >= 0.6 is 0 Å².